The largest absolute Gasteiger partial charge is 0.334 e. The number of rotatable bonds is 2. The molecule has 2 atom stereocenters. The van der Waals surface area contributed by atoms with E-state index < -0.39 is 5.82 Å². The quantitative estimate of drug-likeness (QED) is 0.892. The van der Waals surface area contributed by atoms with Crippen LogP contribution in [0, 0.1) is 18.7 Å². The van der Waals surface area contributed by atoms with E-state index in [4.69, 9.17) is 0 Å². The number of carbonyl (C=O) groups excluding carboxylic acids is 1. The van der Waals surface area contributed by atoms with E-state index in [0.717, 1.165) is 19.5 Å². The van der Waals surface area contributed by atoms with Crippen LogP contribution >= 0.6 is 12.4 Å². The van der Waals surface area contributed by atoms with Crippen molar-refractivity contribution in [3.63, 3.8) is 0 Å². The third-order valence-corrected chi connectivity index (χ3v) is 4.84. The Morgan fingerprint density at radius 3 is 2.79 bits per heavy atom. The molecule has 6 nitrogen and oxygen atoms in total. The summed E-state index contributed by atoms with van der Waals surface area (Å²) in [5.41, 5.74) is 0.892. The topological polar surface area (TPSA) is 63.1 Å². The summed E-state index contributed by atoms with van der Waals surface area (Å²) in [5.74, 6) is -0.236. The molecule has 2 fully saturated rings. The van der Waals surface area contributed by atoms with E-state index >= 15 is 0 Å². The van der Waals surface area contributed by atoms with Crippen LogP contribution in [0.25, 0.3) is 5.69 Å². The minimum Gasteiger partial charge on any atom is -0.334 e. The van der Waals surface area contributed by atoms with Crippen LogP contribution in [0.2, 0.25) is 0 Å². The Morgan fingerprint density at radius 1 is 1.33 bits per heavy atom. The minimum atomic E-state index is -0.489. The van der Waals surface area contributed by atoms with Gasteiger partial charge in [0.1, 0.15) is 17.1 Å². The molecule has 24 heavy (non-hydrogen) atoms. The van der Waals surface area contributed by atoms with Crippen LogP contribution in [0.3, 0.4) is 0 Å². The number of halogens is 2. The molecule has 2 saturated heterocycles. The molecule has 1 aromatic heterocycles. The maximum atomic E-state index is 14.7. The third kappa shape index (κ3) is 2.57. The van der Waals surface area contributed by atoms with Gasteiger partial charge in [0.15, 0.2) is 0 Å². The van der Waals surface area contributed by atoms with Gasteiger partial charge in [-0.05, 0) is 37.4 Å². The van der Waals surface area contributed by atoms with Crippen LogP contribution < -0.4 is 5.32 Å². The lowest BCUT2D eigenvalue weighted by atomic mass is 9.82. The first-order chi connectivity index (χ1) is 11.2. The van der Waals surface area contributed by atoms with Crippen LogP contribution in [0.5, 0.6) is 0 Å². The van der Waals surface area contributed by atoms with Crippen molar-refractivity contribution >= 4 is 18.3 Å². The Morgan fingerprint density at radius 2 is 2.08 bits per heavy atom. The van der Waals surface area contributed by atoms with E-state index in [0.29, 0.717) is 23.7 Å². The van der Waals surface area contributed by atoms with Crippen LogP contribution in [0.15, 0.2) is 24.5 Å². The van der Waals surface area contributed by atoms with Crippen LogP contribution in [0.4, 0.5) is 4.39 Å². The highest BCUT2D eigenvalue weighted by molar-refractivity contribution is 5.99. The Bertz CT molecular complexity index is 751. The van der Waals surface area contributed by atoms with Gasteiger partial charge in [0.05, 0.1) is 12.4 Å². The van der Waals surface area contributed by atoms with Gasteiger partial charge in [-0.15, -0.1) is 12.4 Å². The summed E-state index contributed by atoms with van der Waals surface area (Å²) >= 11 is 0. The lowest BCUT2D eigenvalue weighted by molar-refractivity contribution is 0.00242. The average Bonchev–Trinajstić information content (AvgIpc) is 3.05. The molecule has 4 rings (SSSR count). The van der Waals surface area contributed by atoms with E-state index in [1.54, 1.807) is 24.0 Å². The molecule has 2 aliphatic heterocycles. The predicted octanol–water partition coefficient (Wildman–Crippen LogP) is 1.57. The van der Waals surface area contributed by atoms with Gasteiger partial charge in [-0.25, -0.2) is 4.39 Å². The second-order valence-electron chi connectivity index (χ2n) is 6.19. The Kier molecular flexibility index (Phi) is 4.56. The monoisotopic (exact) mass is 351 g/mol. The maximum Gasteiger partial charge on any atom is 0.259 e. The Hall–Kier alpha value is -1.99. The normalized spacial score (nSPS) is 22.3. The standard InChI is InChI=1S/C16H18FN5O.ClH/c1-10-2-3-12(22-19-6-7-20-22)14(15(10)17)16(23)21-9-11-4-5-18-8-13(11)21;/h2-3,6-7,11,13,18H,4-5,8-9H2,1H3;1H. The van der Waals surface area contributed by atoms with Crippen molar-refractivity contribution < 1.29 is 9.18 Å². The van der Waals surface area contributed by atoms with Crippen LogP contribution in [-0.4, -0.2) is 51.5 Å². The van der Waals surface area contributed by atoms with Gasteiger partial charge in [0.2, 0.25) is 0 Å². The lowest BCUT2D eigenvalue weighted by Crippen LogP contribution is -2.65. The third-order valence-electron chi connectivity index (χ3n) is 4.84. The summed E-state index contributed by atoms with van der Waals surface area (Å²) in [6.45, 7) is 4.13. The molecule has 0 spiro atoms. The van der Waals surface area contributed by atoms with E-state index in [1.165, 1.54) is 17.2 Å². The van der Waals surface area contributed by atoms with Crippen molar-refractivity contribution in [1.82, 2.24) is 25.2 Å². The molecule has 0 bridgehead atoms. The predicted molar refractivity (Wildman–Crippen MR) is 89.1 cm³/mol. The number of aromatic nitrogens is 3. The highest BCUT2D eigenvalue weighted by atomic mass is 35.5. The number of likely N-dealkylation sites (tertiary alicyclic amines) is 1. The molecule has 128 valence electrons. The van der Waals surface area contributed by atoms with Gasteiger partial charge in [-0.1, -0.05) is 6.07 Å². The zero-order valence-corrected chi connectivity index (χ0v) is 14.1. The fourth-order valence-corrected chi connectivity index (χ4v) is 3.48. The number of benzene rings is 1. The molecule has 2 unspecified atom stereocenters. The molecule has 2 aromatic rings. The first-order valence-electron chi connectivity index (χ1n) is 7.84. The van der Waals surface area contributed by atoms with E-state index in [9.17, 15) is 9.18 Å². The second-order valence-corrected chi connectivity index (χ2v) is 6.19. The van der Waals surface area contributed by atoms with Crippen LogP contribution in [0.1, 0.15) is 22.3 Å². The number of piperidine rings is 1. The molecule has 3 heterocycles. The van der Waals surface area contributed by atoms with E-state index in [2.05, 4.69) is 15.5 Å². The summed E-state index contributed by atoms with van der Waals surface area (Å²) in [5, 5.41) is 11.4. The molecular weight excluding hydrogens is 333 g/mol. The first kappa shape index (κ1) is 16.9. The van der Waals surface area contributed by atoms with Crippen molar-refractivity contribution in [1.29, 1.82) is 0 Å². The molecule has 2 aliphatic rings. The molecule has 1 aromatic carbocycles. The fourth-order valence-electron chi connectivity index (χ4n) is 3.48. The number of fused-ring (bicyclic) bond motifs is 1. The van der Waals surface area contributed by atoms with Crippen molar-refractivity contribution in [3.8, 4) is 5.69 Å². The summed E-state index contributed by atoms with van der Waals surface area (Å²) < 4.78 is 14.7. The number of hydrogen-bond acceptors (Lipinski definition) is 4. The highest BCUT2D eigenvalue weighted by Crippen LogP contribution is 2.33. The molecule has 0 radical (unpaired) electrons. The van der Waals surface area contributed by atoms with E-state index in [-0.39, 0.29) is 29.9 Å². The smallest absolute Gasteiger partial charge is 0.259 e. The summed E-state index contributed by atoms with van der Waals surface area (Å²) in [4.78, 5) is 16.0. The average molecular weight is 352 g/mol. The van der Waals surface area contributed by atoms with Crippen molar-refractivity contribution in [2.24, 2.45) is 5.92 Å². The van der Waals surface area contributed by atoms with Gasteiger partial charge in [-0.2, -0.15) is 15.0 Å². The summed E-state index contributed by atoms with van der Waals surface area (Å²) in [6, 6.07) is 3.50. The van der Waals surface area contributed by atoms with Crippen molar-refractivity contribution in [2.45, 2.75) is 19.4 Å². The highest BCUT2D eigenvalue weighted by Gasteiger charge is 2.44. The van der Waals surface area contributed by atoms with Gasteiger partial charge < -0.3 is 10.2 Å². The number of hydrogen-bond donors (Lipinski definition) is 1. The van der Waals surface area contributed by atoms with Gasteiger partial charge >= 0.3 is 0 Å². The van der Waals surface area contributed by atoms with Gasteiger partial charge in [0, 0.05) is 19.1 Å². The minimum absolute atomic E-state index is 0. The number of nitrogens with one attached hydrogen (secondary N) is 1. The first-order valence-corrected chi connectivity index (χ1v) is 7.84. The fraction of sp³-hybridized carbons (Fsp3) is 0.438. The summed E-state index contributed by atoms with van der Waals surface area (Å²) in [7, 11) is 0. The molecule has 0 aliphatic carbocycles. The molecule has 1 amide bonds. The molecule has 0 saturated carbocycles. The number of aryl methyl sites for hydroxylation is 1. The molecule has 8 heteroatoms. The lowest BCUT2D eigenvalue weighted by Gasteiger charge is -2.51. The molecule has 1 N–H and O–H groups in total. The Balaban J connectivity index is 0.00000169. The Labute approximate surface area is 145 Å². The van der Waals surface area contributed by atoms with Gasteiger partial charge in [0.25, 0.3) is 5.91 Å². The van der Waals surface area contributed by atoms with Crippen LogP contribution in [-0.2, 0) is 0 Å². The van der Waals surface area contributed by atoms with Crippen molar-refractivity contribution in [3.05, 3.63) is 41.5 Å². The number of amides is 1. The summed E-state index contributed by atoms with van der Waals surface area (Å²) in [6.07, 6.45) is 4.09. The maximum absolute atomic E-state index is 14.7. The number of nitrogens with zero attached hydrogens (tertiary/aromatic N) is 4. The SMILES string of the molecule is Cc1ccc(-n2nccn2)c(C(=O)N2CC3CCNCC32)c1F.Cl. The van der Waals surface area contributed by atoms with Gasteiger partial charge in [-0.3, -0.25) is 4.79 Å². The zero-order valence-electron chi connectivity index (χ0n) is 13.3. The molecular formula is C16H19ClFN5O. The van der Waals surface area contributed by atoms with E-state index in [1.807, 2.05) is 0 Å². The number of carbonyl (C=O) groups is 1. The zero-order chi connectivity index (χ0) is 16.0. The second kappa shape index (κ2) is 6.49. The van der Waals surface area contributed by atoms with Crippen molar-refractivity contribution in [2.75, 3.05) is 19.6 Å².